The average molecular weight is 306 g/mol. The van der Waals surface area contributed by atoms with E-state index in [9.17, 15) is 4.79 Å². The van der Waals surface area contributed by atoms with Crippen molar-refractivity contribution in [1.82, 2.24) is 9.80 Å². The van der Waals surface area contributed by atoms with E-state index in [-0.39, 0.29) is 5.91 Å². The van der Waals surface area contributed by atoms with Crippen LogP contribution in [-0.2, 0) is 6.42 Å². The SMILES string of the molecule is O=C(c1ccccc1)N1CCN(C2CCc3ccccc32)CC1. The lowest BCUT2D eigenvalue weighted by Crippen LogP contribution is -2.49. The van der Waals surface area contributed by atoms with E-state index in [1.807, 2.05) is 35.2 Å². The van der Waals surface area contributed by atoms with Crippen molar-refractivity contribution >= 4 is 5.91 Å². The molecule has 1 unspecified atom stereocenters. The minimum atomic E-state index is 0.164. The number of benzene rings is 2. The van der Waals surface area contributed by atoms with E-state index in [1.54, 1.807) is 0 Å². The predicted octanol–water partition coefficient (Wildman–Crippen LogP) is 3.13. The second-order valence-corrected chi connectivity index (χ2v) is 6.45. The molecule has 4 rings (SSSR count). The van der Waals surface area contributed by atoms with Crippen LogP contribution in [0.1, 0.15) is 33.9 Å². The summed E-state index contributed by atoms with van der Waals surface area (Å²) in [7, 11) is 0. The third kappa shape index (κ3) is 2.77. The number of rotatable bonds is 2. The molecule has 3 heteroatoms. The molecule has 1 aliphatic heterocycles. The Morgan fingerprint density at radius 3 is 2.35 bits per heavy atom. The number of piperazine rings is 1. The summed E-state index contributed by atoms with van der Waals surface area (Å²) in [6.07, 6.45) is 2.40. The average Bonchev–Trinajstić information content (AvgIpc) is 3.06. The quantitative estimate of drug-likeness (QED) is 0.851. The zero-order chi connectivity index (χ0) is 15.6. The highest BCUT2D eigenvalue weighted by molar-refractivity contribution is 5.94. The molecule has 118 valence electrons. The summed E-state index contributed by atoms with van der Waals surface area (Å²) < 4.78 is 0. The third-order valence-corrected chi connectivity index (χ3v) is 5.16. The van der Waals surface area contributed by atoms with E-state index in [0.29, 0.717) is 6.04 Å². The third-order valence-electron chi connectivity index (χ3n) is 5.16. The van der Waals surface area contributed by atoms with Crippen LogP contribution in [0.25, 0.3) is 0 Å². The largest absolute Gasteiger partial charge is 0.336 e. The van der Waals surface area contributed by atoms with Gasteiger partial charge in [0.1, 0.15) is 0 Å². The zero-order valence-electron chi connectivity index (χ0n) is 13.3. The van der Waals surface area contributed by atoms with Gasteiger partial charge in [-0.05, 0) is 36.1 Å². The van der Waals surface area contributed by atoms with Gasteiger partial charge in [-0.1, -0.05) is 42.5 Å². The van der Waals surface area contributed by atoms with Crippen LogP contribution in [0.5, 0.6) is 0 Å². The van der Waals surface area contributed by atoms with E-state index >= 15 is 0 Å². The summed E-state index contributed by atoms with van der Waals surface area (Å²) in [6.45, 7) is 3.59. The molecule has 1 fully saturated rings. The van der Waals surface area contributed by atoms with Crippen molar-refractivity contribution < 1.29 is 4.79 Å². The van der Waals surface area contributed by atoms with Crippen LogP contribution >= 0.6 is 0 Å². The Bertz CT molecular complexity index is 690. The first kappa shape index (κ1) is 14.5. The molecule has 2 aliphatic rings. The van der Waals surface area contributed by atoms with Gasteiger partial charge in [-0.25, -0.2) is 0 Å². The van der Waals surface area contributed by atoms with Gasteiger partial charge in [0.25, 0.3) is 5.91 Å². The molecule has 1 amide bonds. The van der Waals surface area contributed by atoms with Crippen LogP contribution in [-0.4, -0.2) is 41.9 Å². The number of carbonyl (C=O) groups is 1. The van der Waals surface area contributed by atoms with Crippen molar-refractivity contribution in [3.8, 4) is 0 Å². The molecule has 0 N–H and O–H groups in total. The predicted molar refractivity (Wildman–Crippen MR) is 91.4 cm³/mol. The normalized spacial score (nSPS) is 21.2. The summed E-state index contributed by atoms with van der Waals surface area (Å²) in [4.78, 5) is 17.1. The fourth-order valence-corrected chi connectivity index (χ4v) is 3.91. The minimum Gasteiger partial charge on any atom is -0.336 e. The van der Waals surface area contributed by atoms with Crippen LogP contribution in [0.4, 0.5) is 0 Å². The lowest BCUT2D eigenvalue weighted by molar-refractivity contribution is 0.0568. The number of fused-ring (bicyclic) bond motifs is 1. The van der Waals surface area contributed by atoms with Crippen molar-refractivity contribution in [2.75, 3.05) is 26.2 Å². The lowest BCUT2D eigenvalue weighted by atomic mass is 10.1. The van der Waals surface area contributed by atoms with Gasteiger partial charge in [0.2, 0.25) is 0 Å². The number of nitrogens with zero attached hydrogens (tertiary/aromatic N) is 2. The Morgan fingerprint density at radius 2 is 1.57 bits per heavy atom. The van der Waals surface area contributed by atoms with Crippen molar-refractivity contribution in [3.63, 3.8) is 0 Å². The smallest absolute Gasteiger partial charge is 0.253 e. The number of amides is 1. The van der Waals surface area contributed by atoms with E-state index in [0.717, 1.165) is 31.7 Å². The molecule has 1 heterocycles. The maximum atomic E-state index is 12.5. The molecule has 0 spiro atoms. The van der Waals surface area contributed by atoms with Gasteiger partial charge >= 0.3 is 0 Å². The van der Waals surface area contributed by atoms with Gasteiger partial charge < -0.3 is 4.90 Å². The van der Waals surface area contributed by atoms with E-state index in [4.69, 9.17) is 0 Å². The summed E-state index contributed by atoms with van der Waals surface area (Å²) in [5.41, 5.74) is 3.79. The summed E-state index contributed by atoms with van der Waals surface area (Å²) in [5, 5.41) is 0. The second-order valence-electron chi connectivity index (χ2n) is 6.45. The molecule has 1 atom stereocenters. The summed E-state index contributed by atoms with van der Waals surface area (Å²) in [6, 6.07) is 19.0. The van der Waals surface area contributed by atoms with E-state index < -0.39 is 0 Å². The highest BCUT2D eigenvalue weighted by atomic mass is 16.2. The molecule has 23 heavy (non-hydrogen) atoms. The number of hydrogen-bond acceptors (Lipinski definition) is 2. The molecular weight excluding hydrogens is 284 g/mol. The van der Waals surface area contributed by atoms with Gasteiger partial charge in [-0.2, -0.15) is 0 Å². The maximum absolute atomic E-state index is 12.5. The Balaban J connectivity index is 1.41. The molecule has 2 aromatic rings. The molecule has 3 nitrogen and oxygen atoms in total. The number of carbonyl (C=O) groups excluding carboxylic acids is 1. The number of hydrogen-bond donors (Lipinski definition) is 0. The second kappa shape index (κ2) is 6.17. The van der Waals surface area contributed by atoms with Gasteiger partial charge in [0, 0.05) is 37.8 Å². The first-order valence-corrected chi connectivity index (χ1v) is 8.49. The van der Waals surface area contributed by atoms with Crippen molar-refractivity contribution in [1.29, 1.82) is 0 Å². The molecule has 0 bridgehead atoms. The molecule has 0 aromatic heterocycles. The fourth-order valence-electron chi connectivity index (χ4n) is 3.91. The van der Waals surface area contributed by atoms with Crippen molar-refractivity contribution in [3.05, 3.63) is 71.3 Å². The Kier molecular flexibility index (Phi) is 3.88. The summed E-state index contributed by atoms with van der Waals surface area (Å²) in [5.74, 6) is 0.164. The Hall–Kier alpha value is -2.13. The maximum Gasteiger partial charge on any atom is 0.253 e. The van der Waals surface area contributed by atoms with E-state index in [2.05, 4.69) is 29.2 Å². The highest BCUT2D eigenvalue weighted by Crippen LogP contribution is 2.35. The fraction of sp³-hybridized carbons (Fsp3) is 0.350. The molecule has 0 saturated carbocycles. The molecule has 0 radical (unpaired) electrons. The standard InChI is InChI=1S/C20H22N2O/c23-20(17-7-2-1-3-8-17)22-14-12-21(13-15-22)19-11-10-16-6-4-5-9-18(16)19/h1-9,19H,10-15H2. The highest BCUT2D eigenvalue weighted by Gasteiger charge is 2.31. The minimum absolute atomic E-state index is 0.164. The van der Waals surface area contributed by atoms with Crippen LogP contribution < -0.4 is 0 Å². The van der Waals surface area contributed by atoms with Gasteiger partial charge in [0.05, 0.1) is 0 Å². The van der Waals surface area contributed by atoms with Gasteiger partial charge in [-0.3, -0.25) is 9.69 Å². The van der Waals surface area contributed by atoms with Crippen LogP contribution in [0, 0.1) is 0 Å². The zero-order valence-corrected chi connectivity index (χ0v) is 13.3. The summed E-state index contributed by atoms with van der Waals surface area (Å²) >= 11 is 0. The van der Waals surface area contributed by atoms with Gasteiger partial charge in [-0.15, -0.1) is 0 Å². The molecule has 1 saturated heterocycles. The molecular formula is C20H22N2O. The van der Waals surface area contributed by atoms with Crippen LogP contribution in [0.15, 0.2) is 54.6 Å². The molecule has 2 aromatic carbocycles. The first-order valence-electron chi connectivity index (χ1n) is 8.49. The number of aryl methyl sites for hydroxylation is 1. The van der Waals surface area contributed by atoms with Gasteiger partial charge in [0.15, 0.2) is 0 Å². The Labute approximate surface area is 137 Å². The lowest BCUT2D eigenvalue weighted by Gasteiger charge is -2.38. The monoisotopic (exact) mass is 306 g/mol. The van der Waals surface area contributed by atoms with E-state index in [1.165, 1.54) is 24.0 Å². The first-order chi connectivity index (χ1) is 11.3. The van der Waals surface area contributed by atoms with Crippen molar-refractivity contribution in [2.45, 2.75) is 18.9 Å². The van der Waals surface area contributed by atoms with Crippen LogP contribution in [0.2, 0.25) is 0 Å². The Morgan fingerprint density at radius 1 is 0.870 bits per heavy atom. The van der Waals surface area contributed by atoms with Crippen LogP contribution in [0.3, 0.4) is 0 Å². The van der Waals surface area contributed by atoms with Crippen molar-refractivity contribution in [2.24, 2.45) is 0 Å². The molecule has 1 aliphatic carbocycles. The topological polar surface area (TPSA) is 23.6 Å².